The molecule has 6 nitrogen and oxygen atoms in total. The standard InChI is InChI=1S/C30H25N3O3/c1-18(2)27-28(29(36-30(27)34)22(16-31)17-32)19(3)25-15-26(21-9-7-6-8-10-21)33(20(25)4)23-11-13-24(35-5)14-12-23/h6-15H,1-5H3/b28-19-. The number of cyclic esters (lactones) is 1. The van der Waals surface area contributed by atoms with Gasteiger partial charge in [-0.15, -0.1) is 0 Å². The summed E-state index contributed by atoms with van der Waals surface area (Å²) >= 11 is 0. The van der Waals surface area contributed by atoms with E-state index in [0.717, 1.165) is 45.1 Å². The van der Waals surface area contributed by atoms with Crippen LogP contribution < -0.4 is 4.74 Å². The van der Waals surface area contributed by atoms with Crippen LogP contribution in [0.3, 0.4) is 0 Å². The largest absolute Gasteiger partial charge is 0.497 e. The van der Waals surface area contributed by atoms with Crippen LogP contribution in [-0.2, 0) is 9.53 Å². The number of hydrogen-bond acceptors (Lipinski definition) is 5. The average molecular weight is 476 g/mol. The number of carbonyl (C=O) groups is 1. The number of carbonyl (C=O) groups excluding carboxylic acids is 1. The number of ether oxygens (including phenoxy) is 2. The second-order valence-electron chi connectivity index (χ2n) is 8.62. The first-order chi connectivity index (χ1) is 17.3. The maximum atomic E-state index is 12.8. The second-order valence-corrected chi connectivity index (χ2v) is 8.62. The number of esters is 1. The van der Waals surface area contributed by atoms with Crippen molar-refractivity contribution in [2.24, 2.45) is 0 Å². The number of rotatable bonds is 4. The van der Waals surface area contributed by atoms with E-state index in [1.54, 1.807) is 7.11 Å². The van der Waals surface area contributed by atoms with Gasteiger partial charge in [-0.25, -0.2) is 4.79 Å². The van der Waals surface area contributed by atoms with E-state index in [0.29, 0.717) is 11.1 Å². The Morgan fingerprint density at radius 1 is 0.944 bits per heavy atom. The van der Waals surface area contributed by atoms with E-state index in [9.17, 15) is 15.3 Å². The van der Waals surface area contributed by atoms with Gasteiger partial charge in [-0.1, -0.05) is 35.9 Å². The van der Waals surface area contributed by atoms with Gasteiger partial charge in [0.25, 0.3) is 0 Å². The first kappa shape index (κ1) is 24.3. The molecule has 2 aromatic carbocycles. The number of aromatic nitrogens is 1. The minimum Gasteiger partial charge on any atom is -0.497 e. The molecule has 1 saturated heterocycles. The molecule has 1 aliphatic rings. The summed E-state index contributed by atoms with van der Waals surface area (Å²) in [7, 11) is 1.63. The maximum Gasteiger partial charge on any atom is 0.344 e. The fraction of sp³-hybridized carbons (Fsp3) is 0.167. The molecule has 36 heavy (non-hydrogen) atoms. The zero-order valence-corrected chi connectivity index (χ0v) is 20.8. The van der Waals surface area contributed by atoms with Crippen molar-refractivity contribution in [3.05, 3.63) is 100.0 Å². The molecular formula is C30H25N3O3. The first-order valence-corrected chi connectivity index (χ1v) is 11.4. The number of benzene rings is 2. The van der Waals surface area contributed by atoms with Crippen molar-refractivity contribution in [2.45, 2.75) is 27.7 Å². The number of allylic oxidation sites excluding steroid dienone is 4. The lowest BCUT2D eigenvalue weighted by molar-refractivity contribution is -0.132. The predicted octanol–water partition coefficient (Wildman–Crippen LogP) is 6.43. The fourth-order valence-electron chi connectivity index (χ4n) is 4.53. The number of hydrogen-bond donors (Lipinski definition) is 0. The van der Waals surface area contributed by atoms with E-state index in [-0.39, 0.29) is 11.3 Å². The number of nitrogens with zero attached hydrogens (tertiary/aromatic N) is 3. The van der Waals surface area contributed by atoms with Crippen LogP contribution in [-0.4, -0.2) is 17.6 Å². The molecule has 0 atom stereocenters. The highest BCUT2D eigenvalue weighted by atomic mass is 16.5. The molecule has 2 heterocycles. The molecular weight excluding hydrogens is 450 g/mol. The normalized spacial score (nSPS) is 14.1. The summed E-state index contributed by atoms with van der Waals surface area (Å²) in [6.07, 6.45) is 0. The maximum absolute atomic E-state index is 12.8. The lowest BCUT2D eigenvalue weighted by atomic mass is 9.92. The Morgan fingerprint density at radius 2 is 1.58 bits per heavy atom. The molecule has 1 aromatic heterocycles. The smallest absolute Gasteiger partial charge is 0.344 e. The molecule has 6 heteroatoms. The van der Waals surface area contributed by atoms with Gasteiger partial charge in [-0.05, 0) is 74.7 Å². The zero-order chi connectivity index (χ0) is 26.0. The summed E-state index contributed by atoms with van der Waals surface area (Å²) in [6.45, 7) is 7.53. The summed E-state index contributed by atoms with van der Waals surface area (Å²) in [5.41, 5.74) is 6.86. The van der Waals surface area contributed by atoms with Crippen molar-refractivity contribution in [1.82, 2.24) is 4.57 Å². The van der Waals surface area contributed by atoms with E-state index < -0.39 is 5.97 Å². The Labute approximate surface area is 210 Å². The average Bonchev–Trinajstić information content (AvgIpc) is 3.42. The van der Waals surface area contributed by atoms with Gasteiger partial charge >= 0.3 is 5.97 Å². The van der Waals surface area contributed by atoms with Crippen molar-refractivity contribution in [3.8, 4) is 34.8 Å². The third-order valence-electron chi connectivity index (χ3n) is 6.25. The van der Waals surface area contributed by atoms with E-state index in [2.05, 4.69) is 10.6 Å². The van der Waals surface area contributed by atoms with Crippen LogP contribution in [0.5, 0.6) is 5.75 Å². The molecule has 4 rings (SSSR count). The van der Waals surface area contributed by atoms with Gasteiger partial charge in [-0.2, -0.15) is 10.5 Å². The van der Waals surface area contributed by atoms with Crippen LogP contribution in [0.15, 0.2) is 88.7 Å². The minimum atomic E-state index is -0.558. The molecule has 0 saturated carbocycles. The Balaban J connectivity index is 2.06. The highest BCUT2D eigenvalue weighted by Gasteiger charge is 2.36. The van der Waals surface area contributed by atoms with E-state index in [4.69, 9.17) is 9.47 Å². The van der Waals surface area contributed by atoms with Gasteiger partial charge in [0, 0.05) is 17.0 Å². The number of methoxy groups -OCH3 is 1. The molecule has 178 valence electrons. The summed E-state index contributed by atoms with van der Waals surface area (Å²) in [6, 6.07) is 23.6. The Morgan fingerprint density at radius 3 is 2.14 bits per heavy atom. The van der Waals surface area contributed by atoms with Crippen molar-refractivity contribution in [1.29, 1.82) is 10.5 Å². The topological polar surface area (TPSA) is 88.0 Å². The molecule has 0 N–H and O–H groups in total. The fourth-order valence-corrected chi connectivity index (χ4v) is 4.53. The highest BCUT2D eigenvalue weighted by Crippen LogP contribution is 2.42. The van der Waals surface area contributed by atoms with E-state index in [1.807, 2.05) is 94.4 Å². The summed E-state index contributed by atoms with van der Waals surface area (Å²) in [5, 5.41) is 19.1. The van der Waals surface area contributed by atoms with Gasteiger partial charge in [0.2, 0.25) is 0 Å². The van der Waals surface area contributed by atoms with Gasteiger partial charge in [0.15, 0.2) is 11.3 Å². The monoisotopic (exact) mass is 475 g/mol. The van der Waals surface area contributed by atoms with Crippen molar-refractivity contribution >= 4 is 11.5 Å². The molecule has 0 bridgehead atoms. The van der Waals surface area contributed by atoms with Crippen LogP contribution in [0.25, 0.3) is 22.5 Å². The molecule has 1 fully saturated rings. The summed E-state index contributed by atoms with van der Waals surface area (Å²) in [4.78, 5) is 12.8. The van der Waals surface area contributed by atoms with Gasteiger partial charge in [0.05, 0.1) is 18.4 Å². The summed E-state index contributed by atoms with van der Waals surface area (Å²) < 4.78 is 12.9. The van der Waals surface area contributed by atoms with Crippen molar-refractivity contribution < 1.29 is 14.3 Å². The minimum absolute atomic E-state index is 0.0107. The summed E-state index contributed by atoms with van der Waals surface area (Å²) in [5.74, 6) is 0.211. The Bertz CT molecular complexity index is 1520. The van der Waals surface area contributed by atoms with Gasteiger partial charge in [-0.3, -0.25) is 0 Å². The zero-order valence-electron chi connectivity index (χ0n) is 20.8. The second kappa shape index (κ2) is 9.82. The third kappa shape index (κ3) is 4.10. The quantitative estimate of drug-likeness (QED) is 0.246. The molecule has 3 aromatic rings. The van der Waals surface area contributed by atoms with Gasteiger partial charge in [0.1, 0.15) is 17.9 Å². The highest BCUT2D eigenvalue weighted by molar-refractivity contribution is 6.04. The predicted molar refractivity (Wildman–Crippen MR) is 138 cm³/mol. The molecule has 0 radical (unpaired) electrons. The lowest BCUT2D eigenvalue weighted by Crippen LogP contribution is -2.01. The van der Waals surface area contributed by atoms with Crippen LogP contribution in [0.4, 0.5) is 0 Å². The molecule has 0 spiro atoms. The van der Waals surface area contributed by atoms with Crippen LogP contribution in [0.1, 0.15) is 32.0 Å². The van der Waals surface area contributed by atoms with Crippen LogP contribution >= 0.6 is 0 Å². The molecule has 0 amide bonds. The third-order valence-corrected chi connectivity index (χ3v) is 6.25. The Kier molecular flexibility index (Phi) is 6.63. The van der Waals surface area contributed by atoms with Crippen molar-refractivity contribution in [3.63, 3.8) is 0 Å². The van der Waals surface area contributed by atoms with E-state index >= 15 is 0 Å². The molecule has 0 unspecified atom stereocenters. The van der Waals surface area contributed by atoms with Crippen LogP contribution in [0.2, 0.25) is 0 Å². The Hall–Kier alpha value is -4.81. The van der Waals surface area contributed by atoms with Crippen molar-refractivity contribution in [2.75, 3.05) is 7.11 Å². The van der Waals surface area contributed by atoms with Gasteiger partial charge < -0.3 is 14.0 Å². The lowest BCUT2D eigenvalue weighted by Gasteiger charge is -2.14. The first-order valence-electron chi connectivity index (χ1n) is 11.4. The van der Waals surface area contributed by atoms with Crippen LogP contribution in [0, 0.1) is 29.6 Å². The SMILES string of the molecule is COc1ccc(-n2c(-c3ccccc3)cc(/C(C)=C3\C(=C(C#N)C#N)OC(=O)C3=C(C)C)c2C)cc1. The molecule has 1 aliphatic heterocycles. The molecule has 0 aliphatic carbocycles. The van der Waals surface area contributed by atoms with E-state index in [1.165, 1.54) is 0 Å². The number of nitriles is 2.